The summed E-state index contributed by atoms with van der Waals surface area (Å²) in [5.41, 5.74) is 3.95. The van der Waals surface area contributed by atoms with E-state index in [4.69, 9.17) is 0 Å². The molecule has 1 aliphatic heterocycles. The first-order valence-electron chi connectivity index (χ1n) is 8.84. The van der Waals surface area contributed by atoms with Gasteiger partial charge in [-0.2, -0.15) is 0 Å². The van der Waals surface area contributed by atoms with E-state index in [0.717, 1.165) is 16.7 Å². The van der Waals surface area contributed by atoms with Crippen molar-refractivity contribution in [1.82, 2.24) is 9.80 Å². The summed E-state index contributed by atoms with van der Waals surface area (Å²) in [5.74, 6) is -0.442. The van der Waals surface area contributed by atoms with Gasteiger partial charge in [0.2, 0.25) is 0 Å². The van der Waals surface area contributed by atoms with E-state index in [2.05, 4.69) is 0 Å². The first kappa shape index (κ1) is 17.9. The third-order valence-corrected chi connectivity index (χ3v) is 4.59. The summed E-state index contributed by atoms with van der Waals surface area (Å²) in [4.78, 5) is 29.3. The molecule has 1 heterocycles. The molecule has 4 nitrogen and oxygen atoms in total. The average Bonchev–Trinajstić information content (AvgIpc) is 2.87. The van der Waals surface area contributed by atoms with Gasteiger partial charge in [-0.15, -0.1) is 0 Å². The Labute approximate surface area is 154 Å². The van der Waals surface area contributed by atoms with Crippen LogP contribution in [0.3, 0.4) is 0 Å². The Morgan fingerprint density at radius 3 is 2.12 bits per heavy atom. The van der Waals surface area contributed by atoms with Crippen molar-refractivity contribution < 1.29 is 9.59 Å². The van der Waals surface area contributed by atoms with Crippen LogP contribution in [0.15, 0.2) is 60.3 Å². The van der Waals surface area contributed by atoms with Crippen LogP contribution < -0.4 is 0 Å². The maximum atomic E-state index is 13.0. The summed E-state index contributed by atoms with van der Waals surface area (Å²) in [7, 11) is 1.87. The van der Waals surface area contributed by atoms with Gasteiger partial charge in [-0.1, -0.05) is 60.2 Å². The van der Waals surface area contributed by atoms with Gasteiger partial charge in [-0.25, -0.2) is 0 Å². The van der Waals surface area contributed by atoms with E-state index in [1.807, 2.05) is 87.3 Å². The highest BCUT2D eigenvalue weighted by Crippen LogP contribution is 2.33. The van der Waals surface area contributed by atoms with Crippen molar-refractivity contribution in [1.29, 1.82) is 0 Å². The molecule has 0 fully saturated rings. The SMILES string of the molecule is Cc1ccc(C2=C(N(C)Cc3ccccc3)C(=O)N(C(C)C)C2=O)cc1. The normalized spacial score (nSPS) is 14.6. The van der Waals surface area contributed by atoms with Crippen molar-refractivity contribution in [3.63, 3.8) is 0 Å². The molecule has 2 amide bonds. The smallest absolute Gasteiger partial charge is 0.278 e. The second-order valence-corrected chi connectivity index (χ2v) is 7.01. The summed E-state index contributed by atoms with van der Waals surface area (Å²) in [6.07, 6.45) is 0. The van der Waals surface area contributed by atoms with E-state index in [1.165, 1.54) is 4.90 Å². The van der Waals surface area contributed by atoms with Gasteiger partial charge in [0.1, 0.15) is 5.70 Å². The van der Waals surface area contributed by atoms with Crippen LogP contribution in [0, 0.1) is 6.92 Å². The fraction of sp³-hybridized carbons (Fsp3) is 0.273. The van der Waals surface area contributed by atoms with Crippen molar-refractivity contribution in [3.05, 3.63) is 77.0 Å². The largest absolute Gasteiger partial charge is 0.365 e. The Morgan fingerprint density at radius 1 is 0.923 bits per heavy atom. The molecule has 0 bridgehead atoms. The van der Waals surface area contributed by atoms with Crippen LogP contribution in [0.4, 0.5) is 0 Å². The molecule has 0 spiro atoms. The van der Waals surface area contributed by atoms with Crippen LogP contribution in [-0.4, -0.2) is 34.7 Å². The molecular formula is C22H24N2O2. The Kier molecular flexibility index (Phi) is 4.94. The number of hydrogen-bond donors (Lipinski definition) is 0. The second kappa shape index (κ2) is 7.16. The van der Waals surface area contributed by atoms with E-state index >= 15 is 0 Å². The lowest BCUT2D eigenvalue weighted by atomic mass is 10.0. The zero-order valence-corrected chi connectivity index (χ0v) is 15.7. The number of likely N-dealkylation sites (N-methyl/N-ethyl adjacent to an activating group) is 1. The van der Waals surface area contributed by atoms with Crippen molar-refractivity contribution in [2.24, 2.45) is 0 Å². The van der Waals surface area contributed by atoms with E-state index in [9.17, 15) is 9.59 Å². The van der Waals surface area contributed by atoms with E-state index in [-0.39, 0.29) is 17.9 Å². The van der Waals surface area contributed by atoms with Crippen LogP contribution in [0.1, 0.15) is 30.5 Å². The molecule has 0 aliphatic carbocycles. The van der Waals surface area contributed by atoms with Crippen molar-refractivity contribution in [2.45, 2.75) is 33.4 Å². The predicted molar refractivity (Wildman–Crippen MR) is 103 cm³/mol. The molecule has 0 saturated carbocycles. The highest BCUT2D eigenvalue weighted by Gasteiger charge is 2.41. The molecule has 26 heavy (non-hydrogen) atoms. The molecule has 134 valence electrons. The van der Waals surface area contributed by atoms with Gasteiger partial charge >= 0.3 is 0 Å². The molecule has 0 saturated heterocycles. The summed E-state index contributed by atoms with van der Waals surface area (Å²) in [5, 5.41) is 0. The molecule has 4 heteroatoms. The van der Waals surface area contributed by atoms with Gasteiger partial charge in [0, 0.05) is 19.6 Å². The fourth-order valence-electron chi connectivity index (χ4n) is 3.27. The minimum absolute atomic E-state index is 0.182. The van der Waals surface area contributed by atoms with Crippen molar-refractivity contribution >= 4 is 17.4 Å². The highest BCUT2D eigenvalue weighted by atomic mass is 16.2. The summed E-state index contributed by atoms with van der Waals surface area (Å²) >= 11 is 0. The molecular weight excluding hydrogens is 324 g/mol. The summed E-state index contributed by atoms with van der Waals surface area (Å²) < 4.78 is 0. The van der Waals surface area contributed by atoms with E-state index in [0.29, 0.717) is 17.8 Å². The Hall–Kier alpha value is -2.88. The lowest BCUT2D eigenvalue weighted by molar-refractivity contribution is -0.139. The molecule has 1 aliphatic rings. The number of carbonyl (C=O) groups is 2. The molecule has 2 aromatic rings. The number of benzene rings is 2. The lowest BCUT2D eigenvalue weighted by Gasteiger charge is -2.23. The van der Waals surface area contributed by atoms with Gasteiger partial charge in [0.15, 0.2) is 0 Å². The highest BCUT2D eigenvalue weighted by molar-refractivity contribution is 6.35. The number of rotatable bonds is 5. The number of hydrogen-bond acceptors (Lipinski definition) is 3. The van der Waals surface area contributed by atoms with Gasteiger partial charge in [-0.3, -0.25) is 14.5 Å². The van der Waals surface area contributed by atoms with Gasteiger partial charge in [0.05, 0.1) is 5.57 Å². The van der Waals surface area contributed by atoms with Crippen molar-refractivity contribution in [3.8, 4) is 0 Å². The maximum Gasteiger partial charge on any atom is 0.278 e. The second-order valence-electron chi connectivity index (χ2n) is 7.01. The molecule has 0 radical (unpaired) electrons. The van der Waals surface area contributed by atoms with Gasteiger partial charge in [-0.05, 0) is 31.9 Å². The average molecular weight is 348 g/mol. The minimum Gasteiger partial charge on any atom is -0.365 e. The van der Waals surface area contributed by atoms with Gasteiger partial charge in [0.25, 0.3) is 11.8 Å². The van der Waals surface area contributed by atoms with Crippen LogP contribution in [0.5, 0.6) is 0 Å². The molecule has 0 unspecified atom stereocenters. The maximum absolute atomic E-state index is 13.0. The Morgan fingerprint density at radius 2 is 1.54 bits per heavy atom. The Bertz CT molecular complexity index is 851. The number of nitrogens with zero attached hydrogens (tertiary/aromatic N) is 2. The number of carbonyl (C=O) groups excluding carboxylic acids is 2. The fourth-order valence-corrected chi connectivity index (χ4v) is 3.27. The first-order valence-corrected chi connectivity index (χ1v) is 8.84. The molecule has 0 N–H and O–H groups in total. The Balaban J connectivity index is 2.06. The summed E-state index contributed by atoms with van der Waals surface area (Å²) in [6.45, 7) is 6.30. The quantitative estimate of drug-likeness (QED) is 0.775. The zero-order chi connectivity index (χ0) is 18.8. The van der Waals surface area contributed by atoms with Crippen LogP contribution >= 0.6 is 0 Å². The first-order chi connectivity index (χ1) is 12.4. The van der Waals surface area contributed by atoms with Crippen LogP contribution in [-0.2, 0) is 16.1 Å². The lowest BCUT2D eigenvalue weighted by Crippen LogP contribution is -2.39. The van der Waals surface area contributed by atoms with E-state index in [1.54, 1.807) is 0 Å². The summed E-state index contributed by atoms with van der Waals surface area (Å²) in [6, 6.07) is 17.5. The molecule has 0 aromatic heterocycles. The predicted octanol–water partition coefficient (Wildman–Crippen LogP) is 3.62. The molecule has 3 rings (SSSR count). The van der Waals surface area contributed by atoms with Gasteiger partial charge < -0.3 is 4.90 Å². The standard InChI is InChI=1S/C22H24N2O2/c1-15(2)24-21(25)19(18-12-10-16(3)11-13-18)20(22(24)26)23(4)14-17-8-6-5-7-9-17/h5-13,15H,14H2,1-4H3. The molecule has 0 atom stereocenters. The number of aryl methyl sites for hydroxylation is 1. The van der Waals surface area contributed by atoms with Crippen molar-refractivity contribution in [2.75, 3.05) is 7.05 Å². The number of amides is 2. The van der Waals surface area contributed by atoms with E-state index < -0.39 is 0 Å². The van der Waals surface area contributed by atoms with Crippen LogP contribution in [0.2, 0.25) is 0 Å². The number of imide groups is 1. The third-order valence-electron chi connectivity index (χ3n) is 4.59. The topological polar surface area (TPSA) is 40.6 Å². The molecule has 2 aromatic carbocycles. The third kappa shape index (κ3) is 3.27. The van der Waals surface area contributed by atoms with Crippen LogP contribution in [0.25, 0.3) is 5.57 Å². The monoisotopic (exact) mass is 348 g/mol. The minimum atomic E-state index is -0.223. The zero-order valence-electron chi connectivity index (χ0n) is 15.7.